The van der Waals surface area contributed by atoms with Gasteiger partial charge in [0.15, 0.2) is 0 Å². The number of fused-ring (bicyclic) bond motifs is 2. The van der Waals surface area contributed by atoms with E-state index >= 15 is 0 Å². The number of hydrogen-bond donors (Lipinski definition) is 0. The Hall–Kier alpha value is -2.17. The Bertz CT molecular complexity index is 700. The molecule has 1 saturated heterocycles. The Balaban J connectivity index is 2.04. The highest BCUT2D eigenvalue weighted by Crippen LogP contribution is 2.33. The van der Waals surface area contributed by atoms with Crippen LogP contribution in [0.15, 0.2) is 24.3 Å². The minimum atomic E-state index is -0.517. The van der Waals surface area contributed by atoms with Gasteiger partial charge in [0, 0.05) is 12.5 Å². The van der Waals surface area contributed by atoms with E-state index in [1.807, 2.05) is 6.92 Å². The molecule has 2 atom stereocenters. The average molecular weight is 356 g/mol. The summed E-state index contributed by atoms with van der Waals surface area (Å²) < 4.78 is 0. The molecule has 0 bridgehead atoms. The monoisotopic (exact) mass is 356 g/mol. The van der Waals surface area contributed by atoms with Crippen LogP contribution in [0.3, 0.4) is 0 Å². The van der Waals surface area contributed by atoms with Gasteiger partial charge in [0.25, 0.3) is 11.8 Å². The third-order valence-corrected chi connectivity index (χ3v) is 5.61. The van der Waals surface area contributed by atoms with Gasteiger partial charge in [0.2, 0.25) is 5.91 Å². The number of benzene rings is 1. The molecule has 0 spiro atoms. The van der Waals surface area contributed by atoms with Crippen LogP contribution < -0.4 is 4.90 Å². The number of carbonyl (C=O) groups is 3. The first-order valence-electron chi connectivity index (χ1n) is 9.87. The highest BCUT2D eigenvalue weighted by Gasteiger charge is 2.43. The molecular weight excluding hydrogens is 328 g/mol. The number of unbranched alkanes of at least 4 members (excludes halogenated alkanes) is 1. The number of imide groups is 1. The molecule has 5 nitrogen and oxygen atoms in total. The molecule has 0 N–H and O–H groups in total. The van der Waals surface area contributed by atoms with E-state index in [2.05, 4.69) is 6.92 Å². The molecule has 3 amide bonds. The van der Waals surface area contributed by atoms with Crippen LogP contribution >= 0.6 is 0 Å². The molecule has 0 aromatic heterocycles. The minimum absolute atomic E-state index is 0.129. The minimum Gasteiger partial charge on any atom is -0.327 e. The van der Waals surface area contributed by atoms with Gasteiger partial charge in [-0.05, 0) is 44.2 Å². The van der Waals surface area contributed by atoms with Crippen LogP contribution in [0, 0.1) is 5.92 Å². The molecule has 0 aliphatic carbocycles. The highest BCUT2D eigenvalue weighted by molar-refractivity contribution is 6.22. The average Bonchev–Trinajstić information content (AvgIpc) is 2.77. The van der Waals surface area contributed by atoms with Crippen molar-refractivity contribution in [3.63, 3.8) is 0 Å². The summed E-state index contributed by atoms with van der Waals surface area (Å²) in [6.07, 6.45) is 5.90. The molecule has 1 fully saturated rings. The second kappa shape index (κ2) is 8.02. The largest absolute Gasteiger partial charge is 0.327 e. The molecule has 2 aliphatic rings. The second-order valence-electron chi connectivity index (χ2n) is 7.29. The predicted molar refractivity (Wildman–Crippen MR) is 101 cm³/mol. The van der Waals surface area contributed by atoms with Crippen LogP contribution in [-0.4, -0.2) is 35.2 Å². The van der Waals surface area contributed by atoms with Crippen LogP contribution in [0.5, 0.6) is 0 Å². The highest BCUT2D eigenvalue weighted by atomic mass is 16.2. The third kappa shape index (κ3) is 3.27. The first-order valence-corrected chi connectivity index (χ1v) is 9.87. The summed E-state index contributed by atoms with van der Waals surface area (Å²) in [6.45, 7) is 4.67. The summed E-state index contributed by atoms with van der Waals surface area (Å²) in [5, 5.41) is 0. The summed E-state index contributed by atoms with van der Waals surface area (Å²) in [6, 6.07) is 6.53. The van der Waals surface area contributed by atoms with Crippen LogP contribution in [-0.2, 0) is 9.59 Å². The topological polar surface area (TPSA) is 57.7 Å². The van der Waals surface area contributed by atoms with Gasteiger partial charge in [-0.25, -0.2) is 4.90 Å². The molecule has 2 heterocycles. The Morgan fingerprint density at radius 2 is 1.96 bits per heavy atom. The van der Waals surface area contributed by atoms with Gasteiger partial charge in [0.05, 0.1) is 11.3 Å². The quantitative estimate of drug-likeness (QED) is 0.807. The number of carbonyl (C=O) groups excluding carboxylic acids is 3. The maximum atomic E-state index is 13.3. The Morgan fingerprint density at radius 1 is 1.19 bits per heavy atom. The van der Waals surface area contributed by atoms with Crippen LogP contribution in [0.2, 0.25) is 0 Å². The number of amides is 3. The smallest absolute Gasteiger partial charge is 0.256 e. The molecular formula is C21H28N2O3. The molecule has 3 rings (SSSR count). The van der Waals surface area contributed by atoms with E-state index in [1.54, 1.807) is 29.2 Å². The Kier molecular flexibility index (Phi) is 5.74. The fourth-order valence-corrected chi connectivity index (χ4v) is 4.07. The second-order valence-corrected chi connectivity index (χ2v) is 7.29. The van der Waals surface area contributed by atoms with Crippen molar-refractivity contribution in [1.82, 2.24) is 4.90 Å². The zero-order valence-corrected chi connectivity index (χ0v) is 15.7. The molecule has 1 aromatic rings. The maximum Gasteiger partial charge on any atom is 0.256 e. The fraction of sp³-hybridized carbons (Fsp3) is 0.571. The van der Waals surface area contributed by atoms with Crippen LogP contribution in [0.25, 0.3) is 0 Å². The zero-order chi connectivity index (χ0) is 18.7. The van der Waals surface area contributed by atoms with E-state index in [0.29, 0.717) is 30.6 Å². The first-order chi connectivity index (χ1) is 12.6. The standard InChI is InChI=1S/C21H28N2O3/c1-3-5-10-15(4-2)19(24)23-17-12-7-6-11-16(17)20(25)22-14-9-8-13-18(22)21(23)26/h6-7,11-12,15,18H,3-5,8-10,13-14H2,1-2H3/t15-,18+/m0/s1. The van der Waals surface area contributed by atoms with Gasteiger partial charge in [0.1, 0.15) is 6.04 Å². The van der Waals surface area contributed by atoms with Crippen LogP contribution in [0.4, 0.5) is 5.69 Å². The van der Waals surface area contributed by atoms with Crippen molar-refractivity contribution in [1.29, 1.82) is 0 Å². The van der Waals surface area contributed by atoms with E-state index < -0.39 is 6.04 Å². The van der Waals surface area contributed by atoms with Crippen molar-refractivity contribution >= 4 is 23.4 Å². The number of para-hydroxylation sites is 1. The molecule has 1 aromatic carbocycles. The van der Waals surface area contributed by atoms with E-state index in [4.69, 9.17) is 0 Å². The van der Waals surface area contributed by atoms with Crippen LogP contribution in [0.1, 0.15) is 69.2 Å². The number of anilines is 1. The zero-order valence-electron chi connectivity index (χ0n) is 15.7. The van der Waals surface area contributed by atoms with Gasteiger partial charge < -0.3 is 4.90 Å². The summed E-state index contributed by atoms with van der Waals surface area (Å²) in [4.78, 5) is 42.7. The molecule has 140 valence electrons. The van der Waals surface area contributed by atoms with Gasteiger partial charge in [-0.2, -0.15) is 0 Å². The van der Waals surface area contributed by atoms with E-state index in [1.165, 1.54) is 4.90 Å². The summed E-state index contributed by atoms with van der Waals surface area (Å²) in [5.74, 6) is -0.700. The fourth-order valence-electron chi connectivity index (χ4n) is 4.07. The SMILES string of the molecule is CCCC[C@H](CC)C(=O)N1C(=O)[C@H]2CCCCN2C(=O)c2ccccc21. The van der Waals surface area contributed by atoms with Crippen molar-refractivity contribution in [2.75, 3.05) is 11.4 Å². The third-order valence-electron chi connectivity index (χ3n) is 5.61. The summed E-state index contributed by atoms with van der Waals surface area (Å²) in [7, 11) is 0. The van der Waals surface area contributed by atoms with Crippen molar-refractivity contribution in [2.24, 2.45) is 5.92 Å². The van der Waals surface area contributed by atoms with E-state index in [0.717, 1.165) is 32.1 Å². The van der Waals surface area contributed by atoms with E-state index in [-0.39, 0.29) is 23.6 Å². The van der Waals surface area contributed by atoms with Crippen molar-refractivity contribution in [3.8, 4) is 0 Å². The van der Waals surface area contributed by atoms with Gasteiger partial charge in [-0.1, -0.05) is 38.8 Å². The van der Waals surface area contributed by atoms with Crippen molar-refractivity contribution in [3.05, 3.63) is 29.8 Å². The normalized spacial score (nSPS) is 21.1. The summed E-state index contributed by atoms with van der Waals surface area (Å²) in [5.41, 5.74) is 0.917. The lowest BCUT2D eigenvalue weighted by Crippen LogP contribution is -2.53. The lowest BCUT2D eigenvalue weighted by molar-refractivity contribution is -0.131. The predicted octanol–water partition coefficient (Wildman–Crippen LogP) is 3.77. The lowest BCUT2D eigenvalue weighted by atomic mass is 9.96. The number of piperidine rings is 1. The van der Waals surface area contributed by atoms with Gasteiger partial charge in [-0.15, -0.1) is 0 Å². The molecule has 5 heteroatoms. The lowest BCUT2D eigenvalue weighted by Gasteiger charge is -2.34. The maximum absolute atomic E-state index is 13.3. The first kappa shape index (κ1) is 18.6. The van der Waals surface area contributed by atoms with Crippen molar-refractivity contribution in [2.45, 2.75) is 64.8 Å². The van der Waals surface area contributed by atoms with Gasteiger partial charge >= 0.3 is 0 Å². The molecule has 0 unspecified atom stereocenters. The number of hydrogen-bond acceptors (Lipinski definition) is 3. The van der Waals surface area contributed by atoms with Crippen molar-refractivity contribution < 1.29 is 14.4 Å². The molecule has 26 heavy (non-hydrogen) atoms. The molecule has 2 aliphatic heterocycles. The number of nitrogens with zero attached hydrogens (tertiary/aromatic N) is 2. The van der Waals surface area contributed by atoms with E-state index in [9.17, 15) is 14.4 Å². The molecule has 0 saturated carbocycles. The number of rotatable bonds is 5. The van der Waals surface area contributed by atoms with Gasteiger partial charge in [-0.3, -0.25) is 14.4 Å². The Morgan fingerprint density at radius 3 is 2.69 bits per heavy atom. The Labute approximate surface area is 155 Å². The summed E-state index contributed by atoms with van der Waals surface area (Å²) >= 11 is 0. The molecule has 0 radical (unpaired) electrons.